The highest BCUT2D eigenvalue weighted by atomic mass is 19.2. The zero-order valence-corrected chi connectivity index (χ0v) is 10.3. The standard InChI is InChI=1S/C15H12F2O2/c1-2-19-12-6-3-10(4-7-12)15(18)11-5-8-13(16)14(17)9-11/h3-9H,2H2,1H3. The molecule has 0 aliphatic rings. The van der Waals surface area contributed by atoms with Gasteiger partial charge in [-0.1, -0.05) is 0 Å². The second-order valence-electron chi connectivity index (χ2n) is 3.92. The van der Waals surface area contributed by atoms with Gasteiger partial charge in [-0.25, -0.2) is 8.78 Å². The average molecular weight is 262 g/mol. The van der Waals surface area contributed by atoms with E-state index < -0.39 is 11.6 Å². The third kappa shape index (κ3) is 2.96. The highest BCUT2D eigenvalue weighted by Crippen LogP contribution is 2.17. The molecule has 2 aromatic carbocycles. The van der Waals surface area contributed by atoms with Crippen molar-refractivity contribution in [1.82, 2.24) is 0 Å². The fourth-order valence-corrected chi connectivity index (χ4v) is 1.67. The van der Waals surface area contributed by atoms with E-state index in [1.54, 1.807) is 24.3 Å². The summed E-state index contributed by atoms with van der Waals surface area (Å²) < 4.78 is 31.1. The first kappa shape index (κ1) is 13.2. The van der Waals surface area contributed by atoms with Gasteiger partial charge in [-0.3, -0.25) is 4.79 Å². The van der Waals surface area contributed by atoms with Crippen molar-refractivity contribution in [2.75, 3.05) is 6.61 Å². The van der Waals surface area contributed by atoms with E-state index in [2.05, 4.69) is 0 Å². The molecule has 0 aromatic heterocycles. The lowest BCUT2D eigenvalue weighted by molar-refractivity contribution is 0.103. The minimum Gasteiger partial charge on any atom is -0.494 e. The van der Waals surface area contributed by atoms with Crippen molar-refractivity contribution < 1.29 is 18.3 Å². The van der Waals surface area contributed by atoms with Crippen LogP contribution < -0.4 is 4.74 Å². The quantitative estimate of drug-likeness (QED) is 0.787. The molecule has 0 saturated heterocycles. The Morgan fingerprint density at radius 1 is 1.00 bits per heavy atom. The molecule has 0 spiro atoms. The lowest BCUT2D eigenvalue weighted by atomic mass is 10.0. The molecule has 2 aromatic rings. The first-order chi connectivity index (χ1) is 9.11. The van der Waals surface area contributed by atoms with Crippen molar-refractivity contribution in [2.24, 2.45) is 0 Å². The number of rotatable bonds is 4. The van der Waals surface area contributed by atoms with Crippen LogP contribution >= 0.6 is 0 Å². The van der Waals surface area contributed by atoms with Crippen LogP contribution in [0.5, 0.6) is 5.75 Å². The molecule has 98 valence electrons. The predicted molar refractivity (Wildman–Crippen MR) is 67.4 cm³/mol. The molecule has 0 bridgehead atoms. The fraction of sp³-hybridized carbons (Fsp3) is 0.133. The topological polar surface area (TPSA) is 26.3 Å². The van der Waals surface area contributed by atoms with Gasteiger partial charge in [0.25, 0.3) is 0 Å². The van der Waals surface area contributed by atoms with Gasteiger partial charge in [0.2, 0.25) is 0 Å². The Morgan fingerprint density at radius 3 is 2.21 bits per heavy atom. The third-order valence-electron chi connectivity index (χ3n) is 2.61. The van der Waals surface area contributed by atoms with Crippen LogP contribution in [0.1, 0.15) is 22.8 Å². The molecule has 4 heteroatoms. The SMILES string of the molecule is CCOc1ccc(C(=O)c2ccc(F)c(F)c2)cc1. The summed E-state index contributed by atoms with van der Waals surface area (Å²) in [6.07, 6.45) is 0. The first-order valence-corrected chi connectivity index (χ1v) is 5.84. The molecule has 0 aliphatic heterocycles. The minimum atomic E-state index is -1.03. The monoisotopic (exact) mass is 262 g/mol. The van der Waals surface area contributed by atoms with Crippen LogP contribution in [0.2, 0.25) is 0 Å². The summed E-state index contributed by atoms with van der Waals surface area (Å²) in [5, 5.41) is 0. The molecule has 0 unspecified atom stereocenters. The fourth-order valence-electron chi connectivity index (χ4n) is 1.67. The van der Waals surface area contributed by atoms with Crippen molar-refractivity contribution in [3.8, 4) is 5.75 Å². The number of hydrogen-bond acceptors (Lipinski definition) is 2. The summed E-state index contributed by atoms with van der Waals surface area (Å²) >= 11 is 0. The van der Waals surface area contributed by atoms with E-state index in [0.29, 0.717) is 17.9 Å². The van der Waals surface area contributed by atoms with Gasteiger partial charge in [0, 0.05) is 11.1 Å². The van der Waals surface area contributed by atoms with Gasteiger partial charge in [-0.2, -0.15) is 0 Å². The average Bonchev–Trinajstić information content (AvgIpc) is 2.42. The number of benzene rings is 2. The Kier molecular flexibility index (Phi) is 3.90. The van der Waals surface area contributed by atoms with Gasteiger partial charge >= 0.3 is 0 Å². The highest BCUT2D eigenvalue weighted by Gasteiger charge is 2.12. The number of halogens is 2. The molecule has 0 N–H and O–H groups in total. The summed E-state index contributed by atoms with van der Waals surface area (Å²) in [6.45, 7) is 2.40. The van der Waals surface area contributed by atoms with Crippen molar-refractivity contribution >= 4 is 5.78 Å². The smallest absolute Gasteiger partial charge is 0.193 e. The lowest BCUT2D eigenvalue weighted by Crippen LogP contribution is -2.02. The van der Waals surface area contributed by atoms with Crippen LogP contribution in [0.25, 0.3) is 0 Å². The van der Waals surface area contributed by atoms with Gasteiger partial charge in [0.05, 0.1) is 6.61 Å². The van der Waals surface area contributed by atoms with Crippen molar-refractivity contribution in [3.05, 3.63) is 65.2 Å². The zero-order chi connectivity index (χ0) is 13.8. The Morgan fingerprint density at radius 2 is 1.63 bits per heavy atom. The molecule has 0 radical (unpaired) electrons. The van der Waals surface area contributed by atoms with Crippen molar-refractivity contribution in [2.45, 2.75) is 6.92 Å². The highest BCUT2D eigenvalue weighted by molar-refractivity contribution is 6.09. The largest absolute Gasteiger partial charge is 0.494 e. The van der Waals surface area contributed by atoms with E-state index in [0.717, 1.165) is 12.1 Å². The van der Waals surface area contributed by atoms with Crippen molar-refractivity contribution in [3.63, 3.8) is 0 Å². The Hall–Kier alpha value is -2.23. The van der Waals surface area contributed by atoms with Gasteiger partial charge < -0.3 is 4.74 Å². The third-order valence-corrected chi connectivity index (χ3v) is 2.61. The van der Waals surface area contributed by atoms with Crippen molar-refractivity contribution in [1.29, 1.82) is 0 Å². The maximum absolute atomic E-state index is 13.1. The molecule has 0 atom stereocenters. The van der Waals surface area contributed by atoms with Crippen LogP contribution in [-0.2, 0) is 0 Å². The maximum atomic E-state index is 13.1. The summed E-state index contributed by atoms with van der Waals surface area (Å²) in [6, 6.07) is 9.61. The van der Waals surface area contributed by atoms with E-state index in [4.69, 9.17) is 4.74 Å². The summed E-state index contributed by atoms with van der Waals surface area (Å²) in [5.74, 6) is -1.70. The first-order valence-electron chi connectivity index (χ1n) is 5.84. The van der Waals surface area contributed by atoms with Crippen LogP contribution in [-0.4, -0.2) is 12.4 Å². The van der Waals surface area contributed by atoms with E-state index in [9.17, 15) is 13.6 Å². The molecular weight excluding hydrogens is 250 g/mol. The van der Waals surface area contributed by atoms with Crippen LogP contribution in [0.15, 0.2) is 42.5 Å². The molecule has 19 heavy (non-hydrogen) atoms. The maximum Gasteiger partial charge on any atom is 0.193 e. The minimum absolute atomic E-state index is 0.114. The second kappa shape index (κ2) is 5.61. The Balaban J connectivity index is 2.25. The van der Waals surface area contributed by atoms with Crippen LogP contribution in [0.4, 0.5) is 8.78 Å². The summed E-state index contributed by atoms with van der Waals surface area (Å²) in [4.78, 5) is 12.0. The molecule has 0 fully saturated rings. The molecule has 0 heterocycles. The van der Waals surface area contributed by atoms with Gasteiger partial charge in [-0.15, -0.1) is 0 Å². The molecule has 2 nitrogen and oxygen atoms in total. The number of hydrogen-bond donors (Lipinski definition) is 0. The van der Waals surface area contributed by atoms with E-state index >= 15 is 0 Å². The predicted octanol–water partition coefficient (Wildman–Crippen LogP) is 3.59. The molecule has 0 saturated carbocycles. The molecule has 2 rings (SSSR count). The van der Waals surface area contributed by atoms with Crippen LogP contribution in [0, 0.1) is 11.6 Å². The van der Waals surface area contributed by atoms with Crippen LogP contribution in [0.3, 0.4) is 0 Å². The Labute approximate surface area is 109 Å². The summed E-state index contributed by atoms with van der Waals surface area (Å²) in [7, 11) is 0. The number of carbonyl (C=O) groups is 1. The summed E-state index contributed by atoms with van der Waals surface area (Å²) in [5.41, 5.74) is 0.512. The van der Waals surface area contributed by atoms with Gasteiger partial charge in [0.1, 0.15) is 5.75 Å². The van der Waals surface area contributed by atoms with Gasteiger partial charge in [0.15, 0.2) is 17.4 Å². The van der Waals surface area contributed by atoms with E-state index in [-0.39, 0.29) is 11.3 Å². The zero-order valence-electron chi connectivity index (χ0n) is 10.3. The normalized spacial score (nSPS) is 10.3. The Bertz CT molecular complexity index is 592. The molecule has 0 amide bonds. The lowest BCUT2D eigenvalue weighted by Gasteiger charge is -2.05. The molecular formula is C15H12F2O2. The number of carbonyl (C=O) groups excluding carboxylic acids is 1. The number of ketones is 1. The molecule has 0 aliphatic carbocycles. The second-order valence-corrected chi connectivity index (χ2v) is 3.92. The number of ether oxygens (including phenoxy) is 1. The van der Waals surface area contributed by atoms with E-state index in [1.807, 2.05) is 6.92 Å². The van der Waals surface area contributed by atoms with Gasteiger partial charge in [-0.05, 0) is 49.4 Å². The van der Waals surface area contributed by atoms with E-state index in [1.165, 1.54) is 6.07 Å².